The zero-order valence-corrected chi connectivity index (χ0v) is 13.7. The Bertz CT molecular complexity index is 358. The fraction of sp³-hybridized carbons (Fsp3) is 0.944. The maximum absolute atomic E-state index is 12.2. The van der Waals surface area contributed by atoms with Crippen molar-refractivity contribution in [2.75, 3.05) is 0 Å². The summed E-state index contributed by atoms with van der Waals surface area (Å²) in [5.41, 5.74) is -0.549. The lowest BCUT2D eigenvalue weighted by atomic mass is 9.60. The molecule has 2 aliphatic carbocycles. The Hall–Kier alpha value is -0.370. The first-order valence-electron chi connectivity index (χ1n) is 8.52. The number of hydrogen-bond donors (Lipinski definition) is 1. The predicted octanol–water partition coefficient (Wildman–Crippen LogP) is 4.35. The Morgan fingerprint density at radius 1 is 1.40 bits per heavy atom. The van der Waals surface area contributed by atoms with Gasteiger partial charge in [-0.2, -0.15) is 0 Å². The first kappa shape index (κ1) is 16.0. The minimum atomic E-state index is -0.601. The lowest BCUT2D eigenvalue weighted by Gasteiger charge is -2.45. The zero-order chi connectivity index (χ0) is 15.0. The zero-order valence-electron chi connectivity index (χ0n) is 13.7. The van der Waals surface area contributed by atoms with Gasteiger partial charge in [0.1, 0.15) is 5.78 Å². The van der Waals surface area contributed by atoms with Crippen LogP contribution in [0, 0.1) is 23.2 Å². The van der Waals surface area contributed by atoms with E-state index in [1.54, 1.807) is 0 Å². The topological polar surface area (TPSA) is 37.3 Å². The molecule has 2 aliphatic rings. The van der Waals surface area contributed by atoms with Crippen molar-refractivity contribution >= 4 is 5.78 Å². The molecule has 0 aromatic heterocycles. The summed E-state index contributed by atoms with van der Waals surface area (Å²) in [5.74, 6) is 1.68. The van der Waals surface area contributed by atoms with Crippen LogP contribution in [-0.2, 0) is 4.79 Å². The number of aliphatic hydroxyl groups is 1. The second-order valence-electron chi connectivity index (χ2n) is 8.15. The fourth-order valence-corrected chi connectivity index (χ4v) is 4.99. The summed E-state index contributed by atoms with van der Waals surface area (Å²) in [6.45, 7) is 8.76. The highest BCUT2D eigenvalue weighted by Crippen LogP contribution is 2.58. The smallest absolute Gasteiger partial charge is 0.136 e. The molecule has 0 heterocycles. The van der Waals surface area contributed by atoms with Gasteiger partial charge in [-0.3, -0.25) is 4.79 Å². The van der Waals surface area contributed by atoms with E-state index in [2.05, 4.69) is 20.8 Å². The van der Waals surface area contributed by atoms with Gasteiger partial charge in [0.25, 0.3) is 0 Å². The first-order valence-corrected chi connectivity index (χ1v) is 8.52. The summed E-state index contributed by atoms with van der Waals surface area (Å²) < 4.78 is 0. The molecule has 0 amide bonds. The van der Waals surface area contributed by atoms with E-state index >= 15 is 0 Å². The molecule has 0 spiro atoms. The van der Waals surface area contributed by atoms with E-state index < -0.39 is 5.60 Å². The van der Waals surface area contributed by atoms with Gasteiger partial charge in [0.15, 0.2) is 0 Å². The normalized spacial score (nSPS) is 37.0. The van der Waals surface area contributed by atoms with Crippen molar-refractivity contribution in [2.24, 2.45) is 23.2 Å². The van der Waals surface area contributed by atoms with Gasteiger partial charge in [-0.25, -0.2) is 0 Å². The third-order valence-corrected chi connectivity index (χ3v) is 6.08. The van der Waals surface area contributed by atoms with E-state index in [0.717, 1.165) is 44.9 Å². The van der Waals surface area contributed by atoms with Crippen LogP contribution in [0.2, 0.25) is 0 Å². The third kappa shape index (κ3) is 2.95. The molecule has 0 radical (unpaired) electrons. The molecule has 2 rings (SSSR count). The van der Waals surface area contributed by atoms with Gasteiger partial charge in [0, 0.05) is 12.3 Å². The predicted molar refractivity (Wildman–Crippen MR) is 82.5 cm³/mol. The van der Waals surface area contributed by atoms with Crippen molar-refractivity contribution < 1.29 is 9.90 Å². The lowest BCUT2D eigenvalue weighted by Crippen LogP contribution is -2.46. The maximum atomic E-state index is 12.2. The van der Waals surface area contributed by atoms with Gasteiger partial charge in [0.05, 0.1) is 5.60 Å². The van der Waals surface area contributed by atoms with Crippen LogP contribution in [-0.4, -0.2) is 16.5 Å². The van der Waals surface area contributed by atoms with Crippen LogP contribution in [0.25, 0.3) is 0 Å². The molecular weight excluding hydrogens is 248 g/mol. The highest BCUT2D eigenvalue weighted by atomic mass is 16.3. The second-order valence-corrected chi connectivity index (χ2v) is 8.15. The van der Waals surface area contributed by atoms with Crippen molar-refractivity contribution in [1.29, 1.82) is 0 Å². The minimum Gasteiger partial charge on any atom is -0.390 e. The standard InChI is InChI=1S/C18H32O2/c1-13(2)7-5-12-18(4,20)16-10-9-14-15(19)8-6-11-17(14,16)3/h13-14,16,20H,5-12H2,1-4H3. The molecule has 0 aromatic carbocycles. The first-order chi connectivity index (χ1) is 9.27. The van der Waals surface area contributed by atoms with Gasteiger partial charge in [-0.15, -0.1) is 0 Å². The number of carbonyl (C=O) groups excluding carboxylic acids is 1. The van der Waals surface area contributed by atoms with E-state index in [-0.39, 0.29) is 11.3 Å². The number of hydrogen-bond acceptors (Lipinski definition) is 2. The van der Waals surface area contributed by atoms with Gasteiger partial charge in [-0.1, -0.05) is 33.6 Å². The largest absolute Gasteiger partial charge is 0.390 e. The fourth-order valence-electron chi connectivity index (χ4n) is 4.99. The highest BCUT2D eigenvalue weighted by molar-refractivity contribution is 5.83. The molecule has 0 saturated heterocycles. The van der Waals surface area contributed by atoms with Crippen LogP contribution in [0.1, 0.15) is 79.1 Å². The summed E-state index contributed by atoms with van der Waals surface area (Å²) in [6.07, 6.45) is 8.09. The van der Waals surface area contributed by atoms with E-state index in [1.807, 2.05) is 6.92 Å². The summed E-state index contributed by atoms with van der Waals surface area (Å²) in [4.78, 5) is 12.2. The molecule has 116 valence electrons. The molecule has 1 N–H and O–H groups in total. The molecule has 4 unspecified atom stereocenters. The molecule has 0 bridgehead atoms. The highest BCUT2D eigenvalue weighted by Gasteiger charge is 2.56. The quantitative estimate of drug-likeness (QED) is 0.813. The Morgan fingerprint density at radius 2 is 2.10 bits per heavy atom. The molecule has 2 nitrogen and oxygen atoms in total. The Balaban J connectivity index is 2.05. The number of Topliss-reactive ketones (excluding diaryl/α,β-unsaturated/α-hetero) is 1. The van der Waals surface area contributed by atoms with Gasteiger partial charge in [-0.05, 0) is 56.3 Å². The van der Waals surface area contributed by atoms with Crippen LogP contribution >= 0.6 is 0 Å². The molecule has 0 aliphatic heterocycles. The number of ketones is 1. The van der Waals surface area contributed by atoms with Crippen LogP contribution in [0.5, 0.6) is 0 Å². The van der Waals surface area contributed by atoms with Crippen molar-refractivity contribution in [3.05, 3.63) is 0 Å². The number of rotatable bonds is 5. The van der Waals surface area contributed by atoms with Gasteiger partial charge in [0.2, 0.25) is 0 Å². The average Bonchev–Trinajstić information content (AvgIpc) is 2.67. The van der Waals surface area contributed by atoms with Crippen molar-refractivity contribution in [1.82, 2.24) is 0 Å². The monoisotopic (exact) mass is 280 g/mol. The van der Waals surface area contributed by atoms with Crippen molar-refractivity contribution in [3.8, 4) is 0 Å². The third-order valence-electron chi connectivity index (χ3n) is 6.08. The SMILES string of the molecule is CC(C)CCCC(C)(O)C1CCC2C(=O)CCCC21C. The summed E-state index contributed by atoms with van der Waals surface area (Å²) in [5, 5.41) is 11.0. The molecule has 2 fully saturated rings. The number of carbonyl (C=O) groups is 1. The van der Waals surface area contributed by atoms with E-state index in [0.29, 0.717) is 17.6 Å². The van der Waals surface area contributed by atoms with Crippen LogP contribution in [0.4, 0.5) is 0 Å². The Morgan fingerprint density at radius 3 is 2.75 bits per heavy atom. The van der Waals surface area contributed by atoms with Crippen LogP contribution < -0.4 is 0 Å². The van der Waals surface area contributed by atoms with Crippen LogP contribution in [0.15, 0.2) is 0 Å². The Kier molecular flexibility index (Phi) is 4.63. The van der Waals surface area contributed by atoms with Crippen molar-refractivity contribution in [2.45, 2.75) is 84.7 Å². The molecule has 0 aromatic rings. The summed E-state index contributed by atoms with van der Waals surface area (Å²) in [7, 11) is 0. The van der Waals surface area contributed by atoms with Gasteiger partial charge >= 0.3 is 0 Å². The lowest BCUT2D eigenvalue weighted by molar-refractivity contribution is -0.133. The summed E-state index contributed by atoms with van der Waals surface area (Å²) >= 11 is 0. The molecular formula is C18H32O2. The Labute approximate surface area is 124 Å². The van der Waals surface area contributed by atoms with E-state index in [1.165, 1.54) is 6.42 Å². The number of fused-ring (bicyclic) bond motifs is 1. The molecule has 20 heavy (non-hydrogen) atoms. The van der Waals surface area contributed by atoms with Gasteiger partial charge < -0.3 is 5.11 Å². The minimum absolute atomic E-state index is 0.0522. The second kappa shape index (κ2) is 5.79. The van der Waals surface area contributed by atoms with Crippen molar-refractivity contribution in [3.63, 3.8) is 0 Å². The van der Waals surface area contributed by atoms with E-state index in [9.17, 15) is 9.90 Å². The molecule has 2 heteroatoms. The average molecular weight is 280 g/mol. The summed E-state index contributed by atoms with van der Waals surface area (Å²) in [6, 6.07) is 0. The maximum Gasteiger partial charge on any atom is 0.136 e. The van der Waals surface area contributed by atoms with E-state index in [4.69, 9.17) is 0 Å². The van der Waals surface area contributed by atoms with Crippen LogP contribution in [0.3, 0.4) is 0 Å². The molecule has 4 atom stereocenters. The molecule has 2 saturated carbocycles.